The molecule has 6 heteroatoms. The van der Waals surface area contributed by atoms with Gasteiger partial charge >= 0.3 is 0 Å². The van der Waals surface area contributed by atoms with E-state index in [4.69, 9.17) is 0 Å². The molecule has 0 N–H and O–H groups in total. The van der Waals surface area contributed by atoms with Crippen LogP contribution in [-0.4, -0.2) is 50.6 Å². The summed E-state index contributed by atoms with van der Waals surface area (Å²) in [5, 5.41) is 0. The third-order valence-electron chi connectivity index (χ3n) is 5.83. The molecule has 1 amide bonds. The van der Waals surface area contributed by atoms with Gasteiger partial charge in [0.2, 0.25) is 5.91 Å². The Morgan fingerprint density at radius 2 is 1.71 bits per heavy atom. The van der Waals surface area contributed by atoms with Crippen molar-refractivity contribution in [1.29, 1.82) is 0 Å². The van der Waals surface area contributed by atoms with E-state index in [-0.39, 0.29) is 11.8 Å². The van der Waals surface area contributed by atoms with Crippen molar-refractivity contribution < 1.29 is 13.6 Å². The molecule has 1 unspecified atom stereocenters. The molecule has 28 heavy (non-hydrogen) atoms. The lowest BCUT2D eigenvalue weighted by Crippen LogP contribution is -2.44. The van der Waals surface area contributed by atoms with Crippen molar-refractivity contribution in [3.63, 3.8) is 0 Å². The molecule has 4 rings (SSSR count). The van der Waals surface area contributed by atoms with Crippen molar-refractivity contribution in [2.75, 3.05) is 49.6 Å². The van der Waals surface area contributed by atoms with E-state index in [0.29, 0.717) is 18.7 Å². The van der Waals surface area contributed by atoms with Crippen LogP contribution in [0.1, 0.15) is 12.0 Å². The van der Waals surface area contributed by atoms with Crippen LogP contribution in [-0.2, 0) is 11.2 Å². The SMILES string of the molecule is CN1CCN(c2ccccc2CC2CCN(c3ccc(F)c(F)c3)C2=O)CC1. The maximum Gasteiger partial charge on any atom is 0.230 e. The molecule has 2 aromatic rings. The average molecular weight is 385 g/mol. The van der Waals surface area contributed by atoms with E-state index < -0.39 is 11.6 Å². The monoisotopic (exact) mass is 385 g/mol. The fourth-order valence-electron chi connectivity index (χ4n) is 4.14. The first-order valence-corrected chi connectivity index (χ1v) is 9.81. The first kappa shape index (κ1) is 18.9. The van der Waals surface area contributed by atoms with E-state index in [1.54, 1.807) is 4.90 Å². The van der Waals surface area contributed by atoms with Crippen LogP contribution < -0.4 is 9.80 Å². The molecule has 2 aliphatic rings. The number of carbonyl (C=O) groups excluding carboxylic acids is 1. The predicted molar refractivity (Wildman–Crippen MR) is 107 cm³/mol. The van der Waals surface area contributed by atoms with Crippen molar-refractivity contribution in [3.8, 4) is 0 Å². The zero-order valence-corrected chi connectivity index (χ0v) is 16.1. The molecule has 2 heterocycles. The number of likely N-dealkylation sites (N-methyl/N-ethyl adjacent to an activating group) is 1. The highest BCUT2D eigenvalue weighted by molar-refractivity contribution is 5.97. The summed E-state index contributed by atoms with van der Waals surface area (Å²) in [6, 6.07) is 11.9. The number of halogens is 2. The number of piperazine rings is 1. The number of hydrogen-bond acceptors (Lipinski definition) is 3. The number of carbonyl (C=O) groups is 1. The van der Waals surface area contributed by atoms with Gasteiger partial charge in [-0.25, -0.2) is 8.78 Å². The Labute approximate surface area is 164 Å². The molecular weight excluding hydrogens is 360 g/mol. The van der Waals surface area contributed by atoms with E-state index >= 15 is 0 Å². The molecule has 2 fully saturated rings. The quantitative estimate of drug-likeness (QED) is 0.808. The largest absolute Gasteiger partial charge is 0.369 e. The molecule has 0 saturated carbocycles. The fraction of sp³-hybridized carbons (Fsp3) is 0.409. The molecular formula is C22H25F2N3O. The second-order valence-electron chi connectivity index (χ2n) is 7.70. The molecule has 2 saturated heterocycles. The topological polar surface area (TPSA) is 26.8 Å². The van der Waals surface area contributed by atoms with E-state index in [0.717, 1.165) is 44.7 Å². The fourth-order valence-corrected chi connectivity index (χ4v) is 4.14. The number of para-hydroxylation sites is 1. The molecule has 1 atom stereocenters. The molecule has 2 aromatic carbocycles. The third-order valence-corrected chi connectivity index (χ3v) is 5.83. The normalized spacial score (nSPS) is 20.8. The van der Waals surface area contributed by atoms with Crippen LogP contribution in [0, 0.1) is 17.6 Å². The molecule has 0 spiro atoms. The van der Waals surface area contributed by atoms with Gasteiger partial charge in [0, 0.05) is 56.1 Å². The highest BCUT2D eigenvalue weighted by Crippen LogP contribution is 2.31. The van der Waals surface area contributed by atoms with Crippen LogP contribution in [0.2, 0.25) is 0 Å². The van der Waals surface area contributed by atoms with Gasteiger partial charge in [-0.1, -0.05) is 18.2 Å². The molecule has 0 bridgehead atoms. The van der Waals surface area contributed by atoms with Crippen molar-refractivity contribution in [3.05, 3.63) is 59.7 Å². The lowest BCUT2D eigenvalue weighted by atomic mass is 9.96. The van der Waals surface area contributed by atoms with E-state index in [9.17, 15) is 13.6 Å². The first-order valence-electron chi connectivity index (χ1n) is 9.81. The standard InChI is InChI=1S/C22H25F2N3O/c1-25-10-12-26(13-11-25)21-5-3-2-4-16(21)14-17-8-9-27(22(17)28)18-6-7-19(23)20(24)15-18/h2-7,15,17H,8-14H2,1H3. The van der Waals surface area contributed by atoms with Crippen LogP contribution in [0.15, 0.2) is 42.5 Å². The summed E-state index contributed by atoms with van der Waals surface area (Å²) in [7, 11) is 2.13. The van der Waals surface area contributed by atoms with Gasteiger partial charge in [-0.3, -0.25) is 4.79 Å². The highest BCUT2D eigenvalue weighted by atomic mass is 19.2. The maximum absolute atomic E-state index is 13.6. The smallest absolute Gasteiger partial charge is 0.230 e. The molecule has 148 valence electrons. The molecule has 4 nitrogen and oxygen atoms in total. The Hall–Kier alpha value is -2.47. The lowest BCUT2D eigenvalue weighted by molar-refractivity contribution is -0.120. The second kappa shape index (κ2) is 7.87. The number of amides is 1. The summed E-state index contributed by atoms with van der Waals surface area (Å²) in [6.45, 7) is 4.55. The summed E-state index contributed by atoms with van der Waals surface area (Å²) in [6.07, 6.45) is 1.39. The Kier molecular flexibility index (Phi) is 5.31. The second-order valence-corrected chi connectivity index (χ2v) is 7.70. The van der Waals surface area contributed by atoms with Crippen LogP contribution in [0.25, 0.3) is 0 Å². The Morgan fingerprint density at radius 3 is 2.46 bits per heavy atom. The van der Waals surface area contributed by atoms with Gasteiger partial charge in [0.1, 0.15) is 0 Å². The molecule has 0 aromatic heterocycles. The average Bonchev–Trinajstić information content (AvgIpc) is 3.06. The van der Waals surface area contributed by atoms with Gasteiger partial charge in [0.05, 0.1) is 0 Å². The van der Waals surface area contributed by atoms with Crippen LogP contribution in [0.5, 0.6) is 0 Å². The van der Waals surface area contributed by atoms with Gasteiger partial charge in [-0.2, -0.15) is 0 Å². The van der Waals surface area contributed by atoms with E-state index in [1.165, 1.54) is 17.3 Å². The van der Waals surface area contributed by atoms with Gasteiger partial charge in [0.15, 0.2) is 11.6 Å². The molecule has 0 aliphatic carbocycles. The van der Waals surface area contributed by atoms with Gasteiger partial charge in [0.25, 0.3) is 0 Å². The van der Waals surface area contributed by atoms with Crippen LogP contribution in [0.4, 0.5) is 20.2 Å². The number of benzene rings is 2. The van der Waals surface area contributed by atoms with Gasteiger partial charge in [-0.15, -0.1) is 0 Å². The number of nitrogens with zero attached hydrogens (tertiary/aromatic N) is 3. The Balaban J connectivity index is 1.49. The number of rotatable bonds is 4. The summed E-state index contributed by atoms with van der Waals surface area (Å²) in [5.41, 5.74) is 2.81. The van der Waals surface area contributed by atoms with E-state index in [1.807, 2.05) is 12.1 Å². The summed E-state index contributed by atoms with van der Waals surface area (Å²) >= 11 is 0. The van der Waals surface area contributed by atoms with Crippen molar-refractivity contribution in [2.45, 2.75) is 12.8 Å². The lowest BCUT2D eigenvalue weighted by Gasteiger charge is -2.35. The van der Waals surface area contributed by atoms with Crippen molar-refractivity contribution >= 4 is 17.3 Å². The highest BCUT2D eigenvalue weighted by Gasteiger charge is 2.33. The zero-order valence-electron chi connectivity index (χ0n) is 16.1. The predicted octanol–water partition coefficient (Wildman–Crippen LogP) is 3.31. The molecule has 2 aliphatic heterocycles. The van der Waals surface area contributed by atoms with Gasteiger partial charge < -0.3 is 14.7 Å². The summed E-state index contributed by atoms with van der Waals surface area (Å²) in [5.74, 6) is -1.97. The Morgan fingerprint density at radius 1 is 0.964 bits per heavy atom. The van der Waals surface area contributed by atoms with Crippen molar-refractivity contribution in [2.24, 2.45) is 5.92 Å². The van der Waals surface area contributed by atoms with Crippen LogP contribution >= 0.6 is 0 Å². The van der Waals surface area contributed by atoms with Gasteiger partial charge in [-0.05, 0) is 43.7 Å². The van der Waals surface area contributed by atoms with E-state index in [2.05, 4.69) is 29.0 Å². The Bertz CT molecular complexity index is 865. The summed E-state index contributed by atoms with van der Waals surface area (Å²) < 4.78 is 26.8. The van der Waals surface area contributed by atoms with Crippen molar-refractivity contribution in [1.82, 2.24) is 4.90 Å². The van der Waals surface area contributed by atoms with Crippen LogP contribution in [0.3, 0.4) is 0 Å². The minimum Gasteiger partial charge on any atom is -0.369 e. The number of hydrogen-bond donors (Lipinski definition) is 0. The summed E-state index contributed by atoms with van der Waals surface area (Å²) in [4.78, 5) is 19.2. The maximum atomic E-state index is 13.6. The third kappa shape index (κ3) is 3.74. The molecule has 0 radical (unpaired) electrons. The minimum atomic E-state index is -0.922. The minimum absolute atomic E-state index is 0.0146. The zero-order chi connectivity index (χ0) is 19.7. The number of anilines is 2. The first-order chi connectivity index (χ1) is 13.5.